The molecule has 0 fully saturated rings. The Morgan fingerprint density at radius 2 is 1.94 bits per heavy atom. The highest BCUT2D eigenvalue weighted by atomic mass is 16.5. The van der Waals surface area contributed by atoms with E-state index in [1.54, 1.807) is 20.3 Å². The number of fused-ring (bicyclic) bond motifs is 1. The summed E-state index contributed by atoms with van der Waals surface area (Å²) in [6, 6.07) is 3.09. The first kappa shape index (κ1) is 10.8. The molecule has 1 aromatic carbocycles. The van der Waals surface area contributed by atoms with E-state index in [-0.39, 0.29) is 5.91 Å². The molecule has 3 N–H and O–H groups in total. The lowest BCUT2D eigenvalue weighted by Crippen LogP contribution is -2.41. The van der Waals surface area contributed by atoms with Crippen LogP contribution in [0.5, 0.6) is 11.5 Å². The van der Waals surface area contributed by atoms with Crippen LogP contribution in [0.1, 0.15) is 5.56 Å². The van der Waals surface area contributed by atoms with Gasteiger partial charge in [-0.05, 0) is 18.1 Å². The molecule has 1 aromatic rings. The molecule has 1 aliphatic heterocycles. The minimum Gasteiger partial charge on any atom is -0.493 e. The SMILES string of the molecule is COc1cc2c(cc1OC)NC(=O)C(N)C2. The molecule has 0 aliphatic carbocycles. The average molecular weight is 222 g/mol. The molecule has 1 unspecified atom stereocenters. The number of amides is 1. The van der Waals surface area contributed by atoms with E-state index in [9.17, 15) is 4.79 Å². The summed E-state index contributed by atoms with van der Waals surface area (Å²) in [5.74, 6) is 1.07. The Kier molecular flexibility index (Phi) is 2.70. The van der Waals surface area contributed by atoms with Gasteiger partial charge in [-0.1, -0.05) is 0 Å². The number of anilines is 1. The lowest BCUT2D eigenvalue weighted by molar-refractivity contribution is -0.117. The monoisotopic (exact) mass is 222 g/mol. The van der Waals surface area contributed by atoms with Crippen LogP contribution in [-0.4, -0.2) is 26.2 Å². The Hall–Kier alpha value is -1.75. The number of nitrogens with two attached hydrogens (primary N) is 1. The zero-order valence-electron chi connectivity index (χ0n) is 9.24. The van der Waals surface area contributed by atoms with Crippen molar-refractivity contribution < 1.29 is 14.3 Å². The van der Waals surface area contributed by atoms with Crippen LogP contribution in [0.4, 0.5) is 5.69 Å². The van der Waals surface area contributed by atoms with Gasteiger partial charge in [0.1, 0.15) is 0 Å². The number of benzene rings is 1. The standard InChI is InChI=1S/C11H14N2O3/c1-15-9-4-6-3-7(12)11(14)13-8(6)5-10(9)16-2/h4-5,7H,3,12H2,1-2H3,(H,13,14). The van der Waals surface area contributed by atoms with Crippen molar-refractivity contribution in [3.05, 3.63) is 17.7 Å². The summed E-state index contributed by atoms with van der Waals surface area (Å²) in [5, 5.41) is 2.74. The van der Waals surface area contributed by atoms with Gasteiger partial charge in [-0.25, -0.2) is 0 Å². The van der Waals surface area contributed by atoms with Crippen LogP contribution in [0.2, 0.25) is 0 Å². The van der Waals surface area contributed by atoms with E-state index in [2.05, 4.69) is 5.32 Å². The third-order valence-corrected chi connectivity index (χ3v) is 2.64. The van der Waals surface area contributed by atoms with E-state index >= 15 is 0 Å². The number of carbonyl (C=O) groups is 1. The van der Waals surface area contributed by atoms with Crippen LogP contribution in [0.15, 0.2) is 12.1 Å². The fraction of sp³-hybridized carbons (Fsp3) is 0.364. The van der Waals surface area contributed by atoms with Gasteiger partial charge in [-0.15, -0.1) is 0 Å². The molecule has 0 radical (unpaired) electrons. The third-order valence-electron chi connectivity index (χ3n) is 2.64. The molecule has 0 saturated heterocycles. The van der Waals surface area contributed by atoms with E-state index in [1.807, 2.05) is 6.07 Å². The van der Waals surface area contributed by atoms with Gasteiger partial charge in [0.05, 0.1) is 20.3 Å². The van der Waals surface area contributed by atoms with Crippen molar-refractivity contribution in [3.8, 4) is 11.5 Å². The van der Waals surface area contributed by atoms with E-state index < -0.39 is 6.04 Å². The Labute approximate surface area is 93.5 Å². The highest BCUT2D eigenvalue weighted by molar-refractivity contribution is 5.98. The van der Waals surface area contributed by atoms with Gasteiger partial charge in [-0.3, -0.25) is 4.79 Å². The number of hydrogen-bond acceptors (Lipinski definition) is 4. The Morgan fingerprint density at radius 3 is 2.56 bits per heavy atom. The first-order valence-electron chi connectivity index (χ1n) is 4.97. The van der Waals surface area contributed by atoms with Gasteiger partial charge in [0, 0.05) is 11.8 Å². The second kappa shape index (κ2) is 4.02. The number of hydrogen-bond donors (Lipinski definition) is 2. The molecular formula is C11H14N2O3. The minimum atomic E-state index is -0.495. The Bertz CT molecular complexity index is 431. The van der Waals surface area contributed by atoms with Crippen molar-refractivity contribution in [2.24, 2.45) is 5.73 Å². The average Bonchev–Trinajstić information content (AvgIpc) is 2.29. The highest BCUT2D eigenvalue weighted by Crippen LogP contribution is 2.35. The molecule has 1 atom stereocenters. The van der Waals surface area contributed by atoms with E-state index in [0.29, 0.717) is 17.9 Å². The number of nitrogens with one attached hydrogen (secondary N) is 1. The smallest absolute Gasteiger partial charge is 0.241 e. The van der Waals surface area contributed by atoms with E-state index in [0.717, 1.165) is 11.3 Å². The maximum absolute atomic E-state index is 11.4. The fourth-order valence-corrected chi connectivity index (χ4v) is 1.76. The van der Waals surface area contributed by atoms with Gasteiger partial charge in [0.25, 0.3) is 0 Å². The maximum atomic E-state index is 11.4. The van der Waals surface area contributed by atoms with Crippen molar-refractivity contribution in [1.29, 1.82) is 0 Å². The summed E-state index contributed by atoms with van der Waals surface area (Å²) in [7, 11) is 3.13. The van der Waals surface area contributed by atoms with Crippen LogP contribution in [0, 0.1) is 0 Å². The van der Waals surface area contributed by atoms with Gasteiger partial charge < -0.3 is 20.5 Å². The number of methoxy groups -OCH3 is 2. The maximum Gasteiger partial charge on any atom is 0.241 e. The lowest BCUT2D eigenvalue weighted by atomic mass is 9.99. The Balaban J connectivity index is 2.45. The third kappa shape index (κ3) is 1.69. The predicted octanol–water partition coefficient (Wildman–Crippen LogP) is 0.526. The molecule has 5 heteroatoms. The van der Waals surface area contributed by atoms with E-state index in [4.69, 9.17) is 15.2 Å². The predicted molar refractivity (Wildman–Crippen MR) is 59.9 cm³/mol. The topological polar surface area (TPSA) is 73.6 Å². The van der Waals surface area contributed by atoms with Crippen molar-refractivity contribution in [3.63, 3.8) is 0 Å². The number of rotatable bonds is 2. The molecule has 0 spiro atoms. The van der Waals surface area contributed by atoms with Crippen LogP contribution >= 0.6 is 0 Å². The molecular weight excluding hydrogens is 208 g/mol. The molecule has 86 valence electrons. The first-order chi connectivity index (χ1) is 7.65. The lowest BCUT2D eigenvalue weighted by Gasteiger charge is -2.23. The largest absolute Gasteiger partial charge is 0.493 e. The quantitative estimate of drug-likeness (QED) is 0.765. The zero-order chi connectivity index (χ0) is 11.7. The highest BCUT2D eigenvalue weighted by Gasteiger charge is 2.24. The van der Waals surface area contributed by atoms with Gasteiger partial charge in [-0.2, -0.15) is 0 Å². The summed E-state index contributed by atoms with van der Waals surface area (Å²) in [6.07, 6.45) is 0.515. The van der Waals surface area contributed by atoms with Crippen molar-refractivity contribution in [2.45, 2.75) is 12.5 Å². The molecule has 0 bridgehead atoms. The van der Waals surface area contributed by atoms with Gasteiger partial charge in [0.2, 0.25) is 5.91 Å². The molecule has 0 aromatic heterocycles. The molecule has 1 aliphatic rings. The molecule has 0 saturated carbocycles. The van der Waals surface area contributed by atoms with Crippen molar-refractivity contribution in [2.75, 3.05) is 19.5 Å². The van der Waals surface area contributed by atoms with Gasteiger partial charge >= 0.3 is 0 Å². The summed E-state index contributed by atoms with van der Waals surface area (Å²) in [4.78, 5) is 11.4. The van der Waals surface area contributed by atoms with Crippen molar-refractivity contribution in [1.82, 2.24) is 0 Å². The molecule has 1 heterocycles. The van der Waals surface area contributed by atoms with Crippen molar-refractivity contribution >= 4 is 11.6 Å². The summed E-state index contributed by atoms with van der Waals surface area (Å²) < 4.78 is 10.3. The minimum absolute atomic E-state index is 0.167. The summed E-state index contributed by atoms with van der Waals surface area (Å²) in [6.45, 7) is 0. The zero-order valence-corrected chi connectivity index (χ0v) is 9.24. The Morgan fingerprint density at radius 1 is 1.31 bits per heavy atom. The molecule has 16 heavy (non-hydrogen) atoms. The second-order valence-electron chi connectivity index (χ2n) is 3.66. The summed E-state index contributed by atoms with van der Waals surface area (Å²) in [5.41, 5.74) is 7.37. The van der Waals surface area contributed by atoms with Crippen LogP contribution in [-0.2, 0) is 11.2 Å². The molecule has 2 rings (SSSR count). The van der Waals surface area contributed by atoms with E-state index in [1.165, 1.54) is 0 Å². The van der Waals surface area contributed by atoms with Crippen LogP contribution in [0.3, 0.4) is 0 Å². The fourth-order valence-electron chi connectivity index (χ4n) is 1.76. The van der Waals surface area contributed by atoms with Crippen LogP contribution < -0.4 is 20.5 Å². The number of ether oxygens (including phenoxy) is 2. The van der Waals surface area contributed by atoms with Crippen LogP contribution in [0.25, 0.3) is 0 Å². The normalized spacial score (nSPS) is 18.7. The molecule has 5 nitrogen and oxygen atoms in total. The number of carbonyl (C=O) groups excluding carboxylic acids is 1. The molecule has 1 amide bonds. The second-order valence-corrected chi connectivity index (χ2v) is 3.66. The summed E-state index contributed by atoms with van der Waals surface area (Å²) >= 11 is 0. The van der Waals surface area contributed by atoms with Gasteiger partial charge in [0.15, 0.2) is 11.5 Å². The first-order valence-corrected chi connectivity index (χ1v) is 4.97.